The van der Waals surface area contributed by atoms with Crippen LogP contribution in [0.3, 0.4) is 0 Å². The summed E-state index contributed by atoms with van der Waals surface area (Å²) in [7, 11) is 0. The van der Waals surface area contributed by atoms with Crippen LogP contribution in [0.5, 0.6) is 0 Å². The summed E-state index contributed by atoms with van der Waals surface area (Å²) in [5, 5.41) is 3.01. The molecular formula is C16H10FN3S. The molecule has 4 rings (SSSR count). The van der Waals surface area contributed by atoms with Gasteiger partial charge in [0.05, 0.1) is 11.2 Å². The van der Waals surface area contributed by atoms with Crippen molar-refractivity contribution in [3.05, 3.63) is 59.3 Å². The van der Waals surface area contributed by atoms with Gasteiger partial charge in [-0.25, -0.2) is 14.4 Å². The van der Waals surface area contributed by atoms with E-state index in [1.807, 2.05) is 17.6 Å². The summed E-state index contributed by atoms with van der Waals surface area (Å²) in [6, 6.07) is 10.5. The van der Waals surface area contributed by atoms with Gasteiger partial charge in [0.15, 0.2) is 0 Å². The first-order chi connectivity index (χ1) is 10.3. The number of hydrogen-bond acceptors (Lipinski definition) is 3. The molecule has 0 fully saturated rings. The van der Waals surface area contributed by atoms with Crippen molar-refractivity contribution >= 4 is 22.4 Å². The van der Waals surface area contributed by atoms with E-state index in [0.717, 1.165) is 33.5 Å². The van der Waals surface area contributed by atoms with E-state index in [2.05, 4.69) is 21.0 Å². The molecule has 0 spiro atoms. The Kier molecular flexibility index (Phi) is 2.79. The minimum atomic E-state index is -0.237. The maximum absolute atomic E-state index is 13.0. The van der Waals surface area contributed by atoms with Gasteiger partial charge in [-0.3, -0.25) is 0 Å². The molecule has 0 aliphatic heterocycles. The number of halogens is 1. The molecule has 21 heavy (non-hydrogen) atoms. The minimum absolute atomic E-state index is 0.237. The fourth-order valence-electron chi connectivity index (χ4n) is 2.30. The van der Waals surface area contributed by atoms with Crippen LogP contribution in [0.15, 0.2) is 53.5 Å². The Morgan fingerprint density at radius 1 is 1.00 bits per heavy atom. The summed E-state index contributed by atoms with van der Waals surface area (Å²) in [6.45, 7) is 0. The third-order valence-corrected chi connectivity index (χ3v) is 3.94. The molecule has 0 unspecified atom stereocenters. The normalized spacial score (nSPS) is 11.1. The predicted octanol–water partition coefficient (Wildman–Crippen LogP) is 4.49. The lowest BCUT2D eigenvalue weighted by Crippen LogP contribution is -1.81. The largest absolute Gasteiger partial charge is 0.339 e. The first-order valence-electron chi connectivity index (χ1n) is 6.43. The minimum Gasteiger partial charge on any atom is -0.339 e. The van der Waals surface area contributed by atoms with Gasteiger partial charge in [0, 0.05) is 28.2 Å². The van der Waals surface area contributed by atoms with Crippen molar-refractivity contribution in [2.24, 2.45) is 0 Å². The smallest absolute Gasteiger partial charge is 0.137 e. The highest BCUT2D eigenvalue weighted by molar-refractivity contribution is 7.07. The molecule has 102 valence electrons. The summed E-state index contributed by atoms with van der Waals surface area (Å²) >= 11 is 1.56. The van der Waals surface area contributed by atoms with E-state index in [1.165, 1.54) is 12.1 Å². The first kappa shape index (κ1) is 12.2. The third-order valence-electron chi connectivity index (χ3n) is 3.35. The number of nitrogens with zero attached hydrogens (tertiary/aromatic N) is 2. The molecule has 3 heterocycles. The maximum Gasteiger partial charge on any atom is 0.137 e. The first-order valence-corrected chi connectivity index (χ1v) is 7.37. The number of pyridine rings is 1. The highest BCUT2D eigenvalue weighted by Crippen LogP contribution is 2.27. The number of benzene rings is 1. The third kappa shape index (κ3) is 2.21. The summed E-state index contributed by atoms with van der Waals surface area (Å²) in [4.78, 5) is 12.0. The van der Waals surface area contributed by atoms with Crippen LogP contribution >= 0.6 is 11.3 Å². The predicted molar refractivity (Wildman–Crippen MR) is 82.6 cm³/mol. The number of nitrogens with one attached hydrogen (secondary N) is 1. The molecule has 0 bridgehead atoms. The van der Waals surface area contributed by atoms with E-state index in [1.54, 1.807) is 29.0 Å². The molecule has 1 aromatic carbocycles. The Morgan fingerprint density at radius 2 is 1.86 bits per heavy atom. The van der Waals surface area contributed by atoms with Crippen LogP contribution in [-0.4, -0.2) is 15.0 Å². The van der Waals surface area contributed by atoms with Crippen molar-refractivity contribution < 1.29 is 4.39 Å². The number of fused-ring (bicyclic) bond motifs is 1. The van der Waals surface area contributed by atoms with E-state index in [4.69, 9.17) is 0 Å². The maximum atomic E-state index is 13.0. The summed E-state index contributed by atoms with van der Waals surface area (Å²) < 4.78 is 13.0. The van der Waals surface area contributed by atoms with Gasteiger partial charge in [-0.1, -0.05) is 0 Å². The Hall–Kier alpha value is -2.53. The quantitative estimate of drug-likeness (QED) is 0.592. The number of rotatable bonds is 2. The molecule has 0 aliphatic carbocycles. The SMILES string of the molecule is Fc1ccc(-c2cc3cc(-c4cscn4)cnc3[nH]2)cc1. The highest BCUT2D eigenvalue weighted by Gasteiger charge is 2.07. The number of H-pyrrole nitrogens is 1. The Labute approximate surface area is 124 Å². The second kappa shape index (κ2) is 4.79. The molecule has 0 radical (unpaired) electrons. The fourth-order valence-corrected chi connectivity index (χ4v) is 2.86. The van der Waals surface area contributed by atoms with E-state index in [0.29, 0.717) is 0 Å². The van der Waals surface area contributed by atoms with Crippen LogP contribution in [0.1, 0.15) is 0 Å². The second-order valence-corrected chi connectivity index (χ2v) is 5.44. The standard InChI is InChI=1S/C16H10FN3S/c17-13-3-1-10(2-4-13)14-6-11-5-12(7-18-16(11)20-14)15-8-21-9-19-15/h1-9H,(H,18,20). The zero-order valence-electron chi connectivity index (χ0n) is 10.9. The lowest BCUT2D eigenvalue weighted by molar-refractivity contribution is 0.628. The van der Waals surface area contributed by atoms with Gasteiger partial charge >= 0.3 is 0 Å². The van der Waals surface area contributed by atoms with E-state index in [9.17, 15) is 4.39 Å². The second-order valence-electron chi connectivity index (χ2n) is 4.73. The average Bonchev–Trinajstić information content (AvgIpc) is 3.16. The molecular weight excluding hydrogens is 285 g/mol. The van der Waals surface area contributed by atoms with Crippen LogP contribution in [-0.2, 0) is 0 Å². The average molecular weight is 295 g/mol. The van der Waals surface area contributed by atoms with Gasteiger partial charge in [0.2, 0.25) is 0 Å². The molecule has 0 saturated carbocycles. The Balaban J connectivity index is 1.81. The fraction of sp³-hybridized carbons (Fsp3) is 0. The van der Waals surface area contributed by atoms with Crippen LogP contribution in [0.4, 0.5) is 4.39 Å². The summed E-state index contributed by atoms with van der Waals surface area (Å²) in [5.41, 5.74) is 6.40. The van der Waals surface area contributed by atoms with Crippen LogP contribution in [0, 0.1) is 5.82 Å². The molecule has 5 heteroatoms. The van der Waals surface area contributed by atoms with E-state index in [-0.39, 0.29) is 5.82 Å². The van der Waals surface area contributed by atoms with Crippen molar-refractivity contribution in [3.63, 3.8) is 0 Å². The van der Waals surface area contributed by atoms with Gasteiger partial charge in [-0.15, -0.1) is 11.3 Å². The molecule has 4 aromatic rings. The number of thiazole rings is 1. The van der Waals surface area contributed by atoms with Crippen LogP contribution in [0.2, 0.25) is 0 Å². The molecule has 0 atom stereocenters. The Morgan fingerprint density at radius 3 is 2.62 bits per heavy atom. The van der Waals surface area contributed by atoms with Crippen molar-refractivity contribution in [2.75, 3.05) is 0 Å². The monoisotopic (exact) mass is 295 g/mol. The number of aromatic nitrogens is 3. The zero-order chi connectivity index (χ0) is 14.2. The van der Waals surface area contributed by atoms with E-state index < -0.39 is 0 Å². The van der Waals surface area contributed by atoms with Gasteiger partial charge in [-0.2, -0.15) is 0 Å². The Bertz CT molecular complexity index is 895. The molecule has 0 aliphatic rings. The number of aromatic amines is 1. The lowest BCUT2D eigenvalue weighted by Gasteiger charge is -1.96. The van der Waals surface area contributed by atoms with Crippen LogP contribution in [0.25, 0.3) is 33.5 Å². The lowest BCUT2D eigenvalue weighted by atomic mass is 10.1. The van der Waals surface area contributed by atoms with E-state index >= 15 is 0 Å². The van der Waals surface area contributed by atoms with Crippen molar-refractivity contribution in [1.29, 1.82) is 0 Å². The highest BCUT2D eigenvalue weighted by atomic mass is 32.1. The van der Waals surface area contributed by atoms with Crippen molar-refractivity contribution in [1.82, 2.24) is 15.0 Å². The topological polar surface area (TPSA) is 41.6 Å². The summed E-state index contributed by atoms with van der Waals surface area (Å²) in [5.74, 6) is -0.237. The van der Waals surface area contributed by atoms with Gasteiger partial charge in [0.25, 0.3) is 0 Å². The van der Waals surface area contributed by atoms with Crippen LogP contribution < -0.4 is 0 Å². The molecule has 0 amide bonds. The van der Waals surface area contributed by atoms with Crippen molar-refractivity contribution in [2.45, 2.75) is 0 Å². The molecule has 0 saturated heterocycles. The van der Waals surface area contributed by atoms with Gasteiger partial charge in [0.1, 0.15) is 11.5 Å². The van der Waals surface area contributed by atoms with Gasteiger partial charge < -0.3 is 4.98 Å². The number of hydrogen-bond donors (Lipinski definition) is 1. The molecule has 3 aromatic heterocycles. The molecule has 1 N–H and O–H groups in total. The van der Waals surface area contributed by atoms with Crippen molar-refractivity contribution in [3.8, 4) is 22.5 Å². The molecule has 3 nitrogen and oxygen atoms in total. The zero-order valence-corrected chi connectivity index (χ0v) is 11.7. The van der Waals surface area contributed by atoms with Gasteiger partial charge in [-0.05, 0) is 42.0 Å². The summed E-state index contributed by atoms with van der Waals surface area (Å²) in [6.07, 6.45) is 1.81.